The summed E-state index contributed by atoms with van der Waals surface area (Å²) in [5.74, 6) is -0.824. The van der Waals surface area contributed by atoms with Gasteiger partial charge < -0.3 is 0 Å². The Hall–Kier alpha value is -2.51. The zero-order valence-electron chi connectivity index (χ0n) is 13.2. The Morgan fingerprint density at radius 2 is 1.96 bits per heavy atom. The number of carbonyl (C=O) groups is 2. The van der Waals surface area contributed by atoms with Crippen LogP contribution in [0.2, 0.25) is 0 Å². The number of hydrogen-bond acceptors (Lipinski definition) is 4. The summed E-state index contributed by atoms with van der Waals surface area (Å²) in [6.45, 7) is 1.81. The molecular weight excluding hydrogens is 374 g/mol. The van der Waals surface area contributed by atoms with Crippen LogP contribution in [0.3, 0.4) is 0 Å². The van der Waals surface area contributed by atoms with Crippen molar-refractivity contribution in [3.05, 3.63) is 69.2 Å². The molecule has 0 bridgehead atoms. The SMILES string of the molecule is Cc1cc(C(=O)NO)ccc1C=NN(C)C(=O)c1ccccc1Br. The molecular formula is C17H16BrN3O3. The zero-order chi connectivity index (χ0) is 17.7. The maximum atomic E-state index is 12.4. The van der Waals surface area contributed by atoms with Crippen LogP contribution in [0.25, 0.3) is 0 Å². The molecule has 7 heteroatoms. The molecule has 2 aromatic carbocycles. The molecule has 0 aliphatic carbocycles. The van der Waals surface area contributed by atoms with E-state index in [1.165, 1.54) is 5.01 Å². The van der Waals surface area contributed by atoms with Gasteiger partial charge in [0.05, 0.1) is 11.8 Å². The Labute approximate surface area is 147 Å². The van der Waals surface area contributed by atoms with Crippen LogP contribution in [0.15, 0.2) is 52.0 Å². The Morgan fingerprint density at radius 3 is 2.58 bits per heavy atom. The van der Waals surface area contributed by atoms with Gasteiger partial charge in [-0.25, -0.2) is 10.5 Å². The van der Waals surface area contributed by atoms with Crippen molar-refractivity contribution in [2.75, 3.05) is 7.05 Å². The van der Waals surface area contributed by atoms with Gasteiger partial charge in [-0.3, -0.25) is 14.8 Å². The summed E-state index contributed by atoms with van der Waals surface area (Å²) >= 11 is 3.34. The second-order valence-corrected chi connectivity index (χ2v) is 5.92. The Morgan fingerprint density at radius 1 is 1.25 bits per heavy atom. The first-order valence-corrected chi connectivity index (χ1v) is 7.85. The summed E-state index contributed by atoms with van der Waals surface area (Å²) in [5.41, 5.74) is 4.00. The molecule has 0 aliphatic heterocycles. The second-order valence-electron chi connectivity index (χ2n) is 5.07. The van der Waals surface area contributed by atoms with Gasteiger partial charge in [0.15, 0.2) is 0 Å². The highest BCUT2D eigenvalue weighted by atomic mass is 79.9. The van der Waals surface area contributed by atoms with E-state index in [1.807, 2.05) is 13.0 Å². The number of halogens is 1. The van der Waals surface area contributed by atoms with Gasteiger partial charge in [-0.2, -0.15) is 5.10 Å². The highest BCUT2D eigenvalue weighted by Crippen LogP contribution is 2.17. The van der Waals surface area contributed by atoms with E-state index in [0.717, 1.165) is 11.1 Å². The molecule has 0 saturated heterocycles. The van der Waals surface area contributed by atoms with E-state index < -0.39 is 5.91 Å². The molecule has 0 unspecified atom stereocenters. The number of hydrogen-bond donors (Lipinski definition) is 2. The lowest BCUT2D eigenvalue weighted by Crippen LogP contribution is -2.22. The Kier molecular flexibility index (Phi) is 5.83. The van der Waals surface area contributed by atoms with Crippen molar-refractivity contribution in [3.8, 4) is 0 Å². The van der Waals surface area contributed by atoms with Crippen LogP contribution in [0.1, 0.15) is 31.8 Å². The van der Waals surface area contributed by atoms with Crippen molar-refractivity contribution in [2.45, 2.75) is 6.92 Å². The highest BCUT2D eigenvalue weighted by Gasteiger charge is 2.13. The van der Waals surface area contributed by atoms with E-state index in [4.69, 9.17) is 5.21 Å². The quantitative estimate of drug-likeness (QED) is 0.479. The summed E-state index contributed by atoms with van der Waals surface area (Å²) in [7, 11) is 1.57. The maximum Gasteiger partial charge on any atom is 0.274 e. The van der Waals surface area contributed by atoms with Gasteiger partial charge in [0.2, 0.25) is 0 Å². The zero-order valence-corrected chi connectivity index (χ0v) is 14.7. The monoisotopic (exact) mass is 389 g/mol. The Balaban J connectivity index is 2.17. The molecule has 6 nitrogen and oxygen atoms in total. The number of nitrogens with zero attached hydrogens (tertiary/aromatic N) is 2. The molecule has 0 aromatic heterocycles. The van der Waals surface area contributed by atoms with E-state index in [2.05, 4.69) is 21.0 Å². The van der Waals surface area contributed by atoms with Crippen LogP contribution in [0.5, 0.6) is 0 Å². The van der Waals surface area contributed by atoms with Crippen LogP contribution < -0.4 is 5.48 Å². The van der Waals surface area contributed by atoms with Crippen molar-refractivity contribution >= 4 is 34.0 Å². The standard InChI is InChI=1S/C17H16BrN3O3/c1-11-9-12(16(22)20-24)7-8-13(11)10-19-21(2)17(23)14-5-3-4-6-15(14)18/h3-10,24H,1-2H3,(H,20,22). The molecule has 0 saturated carbocycles. The molecule has 2 N–H and O–H groups in total. The van der Waals surface area contributed by atoms with Crippen LogP contribution in [-0.2, 0) is 0 Å². The van der Waals surface area contributed by atoms with Crippen molar-refractivity contribution in [3.63, 3.8) is 0 Å². The third-order valence-electron chi connectivity index (χ3n) is 3.40. The lowest BCUT2D eigenvalue weighted by molar-refractivity contribution is 0.0706. The minimum Gasteiger partial charge on any atom is -0.288 e. The topological polar surface area (TPSA) is 82.0 Å². The normalized spacial score (nSPS) is 10.7. The fourth-order valence-electron chi connectivity index (χ4n) is 2.04. The molecule has 0 atom stereocenters. The smallest absolute Gasteiger partial charge is 0.274 e. The van der Waals surface area contributed by atoms with Gasteiger partial charge in [0.25, 0.3) is 11.8 Å². The summed E-state index contributed by atoms with van der Waals surface area (Å²) < 4.78 is 0.701. The number of amides is 2. The van der Waals surface area contributed by atoms with Crippen molar-refractivity contribution in [2.24, 2.45) is 5.10 Å². The average Bonchev–Trinajstić information content (AvgIpc) is 2.59. The summed E-state index contributed by atoms with van der Waals surface area (Å²) in [4.78, 5) is 23.7. The number of hydrazone groups is 1. The largest absolute Gasteiger partial charge is 0.288 e. The minimum absolute atomic E-state index is 0.243. The van der Waals surface area contributed by atoms with Crippen LogP contribution in [-0.4, -0.2) is 35.3 Å². The van der Waals surface area contributed by atoms with Gasteiger partial charge in [-0.05, 0) is 58.2 Å². The number of carbonyl (C=O) groups excluding carboxylic acids is 2. The highest BCUT2D eigenvalue weighted by molar-refractivity contribution is 9.10. The van der Waals surface area contributed by atoms with Gasteiger partial charge in [-0.15, -0.1) is 0 Å². The number of aryl methyl sites for hydroxylation is 1. The van der Waals surface area contributed by atoms with Gasteiger partial charge in [0, 0.05) is 17.1 Å². The molecule has 2 aromatic rings. The first-order valence-electron chi connectivity index (χ1n) is 7.05. The van der Waals surface area contributed by atoms with E-state index in [-0.39, 0.29) is 5.91 Å². The van der Waals surface area contributed by atoms with Crippen molar-refractivity contribution in [1.29, 1.82) is 0 Å². The van der Waals surface area contributed by atoms with Gasteiger partial charge in [-0.1, -0.05) is 18.2 Å². The first-order chi connectivity index (χ1) is 11.4. The summed E-state index contributed by atoms with van der Waals surface area (Å²) in [5, 5.41) is 14.0. The van der Waals surface area contributed by atoms with Gasteiger partial charge >= 0.3 is 0 Å². The average molecular weight is 390 g/mol. The molecule has 24 heavy (non-hydrogen) atoms. The third kappa shape index (κ3) is 4.06. The summed E-state index contributed by atoms with van der Waals surface area (Å²) in [6, 6.07) is 12.0. The van der Waals surface area contributed by atoms with Gasteiger partial charge in [0.1, 0.15) is 0 Å². The molecule has 0 spiro atoms. The fraction of sp³-hybridized carbons (Fsp3) is 0.118. The van der Waals surface area contributed by atoms with Crippen LogP contribution in [0, 0.1) is 6.92 Å². The fourth-order valence-corrected chi connectivity index (χ4v) is 2.49. The number of rotatable bonds is 4. The summed E-state index contributed by atoms with van der Waals surface area (Å²) in [6.07, 6.45) is 1.55. The Bertz CT molecular complexity index is 805. The number of benzene rings is 2. The van der Waals surface area contributed by atoms with Crippen LogP contribution in [0.4, 0.5) is 0 Å². The van der Waals surface area contributed by atoms with Crippen molar-refractivity contribution in [1.82, 2.24) is 10.5 Å². The second kappa shape index (κ2) is 7.85. The molecule has 124 valence electrons. The van der Waals surface area contributed by atoms with E-state index in [9.17, 15) is 9.59 Å². The lowest BCUT2D eigenvalue weighted by Gasteiger charge is -2.12. The predicted molar refractivity (Wildman–Crippen MR) is 94.3 cm³/mol. The number of hydroxylamine groups is 1. The minimum atomic E-state index is -0.581. The van der Waals surface area contributed by atoms with E-state index in [1.54, 1.807) is 55.1 Å². The van der Waals surface area contributed by atoms with E-state index in [0.29, 0.717) is 15.6 Å². The predicted octanol–water partition coefficient (Wildman–Crippen LogP) is 2.98. The molecule has 0 aliphatic rings. The lowest BCUT2D eigenvalue weighted by atomic mass is 10.1. The molecule has 0 heterocycles. The number of nitrogens with one attached hydrogen (secondary N) is 1. The van der Waals surface area contributed by atoms with Crippen molar-refractivity contribution < 1.29 is 14.8 Å². The maximum absolute atomic E-state index is 12.4. The third-order valence-corrected chi connectivity index (χ3v) is 4.09. The molecule has 0 radical (unpaired) electrons. The molecule has 2 amide bonds. The molecule has 2 rings (SSSR count). The van der Waals surface area contributed by atoms with E-state index >= 15 is 0 Å². The molecule has 0 fully saturated rings. The van der Waals surface area contributed by atoms with Crippen LogP contribution >= 0.6 is 15.9 Å². The first kappa shape index (κ1) is 17.8.